The second-order valence-corrected chi connectivity index (χ2v) is 6.71. The standard InChI is InChI=1S/C4H8BrCl2O2P/c5-3-1-2-4-9-10(6,7)8/h1-4H2. The molecule has 0 unspecified atom stereocenters. The van der Waals surface area contributed by atoms with Crippen LogP contribution in [-0.2, 0) is 9.09 Å². The van der Waals surface area contributed by atoms with Crippen molar-refractivity contribution in [1.29, 1.82) is 0 Å². The smallest absolute Gasteiger partial charge is 0.306 e. The minimum absolute atomic E-state index is 0.357. The molecule has 0 saturated heterocycles. The zero-order chi connectivity index (χ0) is 8.04. The van der Waals surface area contributed by atoms with Gasteiger partial charge in [-0.1, -0.05) is 15.9 Å². The van der Waals surface area contributed by atoms with E-state index in [2.05, 4.69) is 20.5 Å². The Labute approximate surface area is 78.4 Å². The van der Waals surface area contributed by atoms with Crippen LogP contribution in [0.1, 0.15) is 12.8 Å². The van der Waals surface area contributed by atoms with Gasteiger partial charge in [-0.2, -0.15) is 0 Å². The molecule has 10 heavy (non-hydrogen) atoms. The quantitative estimate of drug-likeness (QED) is 0.432. The van der Waals surface area contributed by atoms with E-state index in [1.165, 1.54) is 0 Å². The third kappa shape index (κ3) is 9.25. The van der Waals surface area contributed by atoms with Crippen LogP contribution < -0.4 is 0 Å². The van der Waals surface area contributed by atoms with Crippen molar-refractivity contribution in [3.05, 3.63) is 0 Å². The molecule has 62 valence electrons. The van der Waals surface area contributed by atoms with E-state index in [9.17, 15) is 4.57 Å². The number of unbranched alkanes of at least 4 members (excludes halogenated alkanes) is 1. The summed E-state index contributed by atoms with van der Waals surface area (Å²) in [4.78, 5) is 0. The largest absolute Gasteiger partial charge is 0.380 e. The molecule has 0 fully saturated rings. The molecule has 0 bridgehead atoms. The van der Waals surface area contributed by atoms with E-state index in [4.69, 9.17) is 22.5 Å². The summed E-state index contributed by atoms with van der Waals surface area (Å²) in [5.41, 5.74) is 0. The van der Waals surface area contributed by atoms with E-state index in [0.717, 1.165) is 18.2 Å². The summed E-state index contributed by atoms with van der Waals surface area (Å²) in [6, 6.07) is 0. The number of rotatable bonds is 5. The minimum Gasteiger partial charge on any atom is -0.306 e. The first-order valence-corrected chi connectivity index (χ1v) is 7.32. The highest BCUT2D eigenvalue weighted by molar-refractivity contribution is 9.09. The van der Waals surface area contributed by atoms with Crippen molar-refractivity contribution in [2.24, 2.45) is 0 Å². The fraction of sp³-hybridized carbons (Fsp3) is 1.00. The van der Waals surface area contributed by atoms with Crippen molar-refractivity contribution >= 4 is 44.5 Å². The molecule has 0 aromatic heterocycles. The Hall–Kier alpha value is 1.25. The lowest BCUT2D eigenvalue weighted by Crippen LogP contribution is -1.87. The van der Waals surface area contributed by atoms with Crippen LogP contribution in [-0.4, -0.2) is 11.9 Å². The molecule has 6 heteroatoms. The predicted molar refractivity (Wildman–Crippen MR) is 48.3 cm³/mol. The Balaban J connectivity index is 3.13. The molecule has 0 aliphatic heterocycles. The topological polar surface area (TPSA) is 26.3 Å². The Kier molecular flexibility index (Phi) is 6.57. The molecule has 0 aliphatic carbocycles. The average molecular weight is 270 g/mol. The summed E-state index contributed by atoms with van der Waals surface area (Å²) in [5, 5.41) is 0.908. The molecule has 0 spiro atoms. The first-order chi connectivity index (χ1) is 4.56. The Morgan fingerprint density at radius 3 is 2.40 bits per heavy atom. The Bertz CT molecular complexity index is 126. The van der Waals surface area contributed by atoms with Crippen LogP contribution in [0.25, 0.3) is 0 Å². The van der Waals surface area contributed by atoms with E-state index in [-0.39, 0.29) is 0 Å². The molecule has 0 aromatic rings. The van der Waals surface area contributed by atoms with Crippen LogP contribution in [0, 0.1) is 0 Å². The maximum atomic E-state index is 10.5. The molecule has 0 atom stereocenters. The fourth-order valence-corrected chi connectivity index (χ4v) is 1.52. The van der Waals surface area contributed by atoms with E-state index in [1.807, 2.05) is 0 Å². The van der Waals surface area contributed by atoms with Gasteiger partial charge in [-0.25, -0.2) is 0 Å². The minimum atomic E-state index is -3.28. The highest BCUT2D eigenvalue weighted by atomic mass is 79.9. The molecule has 0 aromatic carbocycles. The third-order valence-corrected chi connectivity index (χ3v) is 2.40. The van der Waals surface area contributed by atoms with Gasteiger partial charge in [0.25, 0.3) is 0 Å². The first-order valence-electron chi connectivity index (χ1n) is 2.76. The third-order valence-electron chi connectivity index (χ3n) is 0.770. The highest BCUT2D eigenvalue weighted by Crippen LogP contribution is 2.57. The number of halogens is 3. The van der Waals surface area contributed by atoms with Gasteiger partial charge in [-0.05, 0) is 35.3 Å². The maximum absolute atomic E-state index is 10.5. The second kappa shape index (κ2) is 5.84. The van der Waals surface area contributed by atoms with Gasteiger partial charge >= 0.3 is 6.07 Å². The molecule has 0 rings (SSSR count). The fourth-order valence-electron chi connectivity index (χ4n) is 0.367. The van der Waals surface area contributed by atoms with E-state index >= 15 is 0 Å². The van der Waals surface area contributed by atoms with E-state index in [1.54, 1.807) is 0 Å². The van der Waals surface area contributed by atoms with Crippen molar-refractivity contribution in [2.45, 2.75) is 12.8 Å². The molecule has 2 nitrogen and oxygen atoms in total. The monoisotopic (exact) mass is 268 g/mol. The SMILES string of the molecule is O=P(Cl)(Cl)OCCCCBr. The van der Waals surface area contributed by atoms with Crippen LogP contribution in [0.5, 0.6) is 0 Å². The normalized spacial score (nSPS) is 11.9. The predicted octanol–water partition coefficient (Wildman–Crippen LogP) is 3.76. The van der Waals surface area contributed by atoms with Gasteiger partial charge < -0.3 is 4.52 Å². The maximum Gasteiger partial charge on any atom is 0.380 e. The van der Waals surface area contributed by atoms with Crippen molar-refractivity contribution in [2.75, 3.05) is 11.9 Å². The van der Waals surface area contributed by atoms with Gasteiger partial charge in [0.1, 0.15) is 0 Å². The molecule has 0 radical (unpaired) electrons. The molecule has 0 heterocycles. The lowest BCUT2D eigenvalue weighted by molar-refractivity contribution is 0.326. The molecular formula is C4H8BrCl2O2P. The molecule has 0 N–H and O–H groups in total. The first kappa shape index (κ1) is 11.2. The highest BCUT2D eigenvalue weighted by Gasteiger charge is 2.12. The lowest BCUT2D eigenvalue weighted by atomic mass is 10.4. The van der Waals surface area contributed by atoms with Gasteiger partial charge in [0.2, 0.25) is 0 Å². The van der Waals surface area contributed by atoms with Crippen LogP contribution in [0.2, 0.25) is 0 Å². The van der Waals surface area contributed by atoms with Crippen LogP contribution in [0.4, 0.5) is 0 Å². The summed E-state index contributed by atoms with van der Waals surface area (Å²) in [6.45, 7) is 0.357. The summed E-state index contributed by atoms with van der Waals surface area (Å²) < 4.78 is 15.1. The summed E-state index contributed by atoms with van der Waals surface area (Å²) >= 11 is 13.4. The van der Waals surface area contributed by atoms with Gasteiger partial charge in [-0.15, -0.1) is 0 Å². The number of hydrogen-bond acceptors (Lipinski definition) is 2. The number of hydrogen-bond donors (Lipinski definition) is 0. The van der Waals surface area contributed by atoms with Crippen LogP contribution in [0.15, 0.2) is 0 Å². The zero-order valence-electron chi connectivity index (χ0n) is 5.23. The van der Waals surface area contributed by atoms with Crippen molar-refractivity contribution in [1.82, 2.24) is 0 Å². The van der Waals surface area contributed by atoms with Gasteiger partial charge in [0.05, 0.1) is 6.61 Å². The van der Waals surface area contributed by atoms with Crippen molar-refractivity contribution in [3.63, 3.8) is 0 Å². The summed E-state index contributed by atoms with van der Waals surface area (Å²) in [5.74, 6) is 0. The van der Waals surface area contributed by atoms with E-state index < -0.39 is 6.07 Å². The van der Waals surface area contributed by atoms with E-state index in [0.29, 0.717) is 6.61 Å². The summed E-state index contributed by atoms with van der Waals surface area (Å²) in [6.07, 6.45) is -1.50. The molecular weight excluding hydrogens is 262 g/mol. The van der Waals surface area contributed by atoms with Gasteiger partial charge in [0, 0.05) is 5.33 Å². The molecule has 0 amide bonds. The van der Waals surface area contributed by atoms with Crippen molar-refractivity contribution < 1.29 is 9.09 Å². The van der Waals surface area contributed by atoms with Crippen molar-refractivity contribution in [3.8, 4) is 0 Å². The van der Waals surface area contributed by atoms with Gasteiger partial charge in [0.15, 0.2) is 0 Å². The Morgan fingerprint density at radius 2 is 2.00 bits per heavy atom. The molecule has 0 aliphatic rings. The number of alkyl halides is 1. The van der Waals surface area contributed by atoms with Crippen LogP contribution in [0.3, 0.4) is 0 Å². The second-order valence-electron chi connectivity index (χ2n) is 1.64. The van der Waals surface area contributed by atoms with Crippen LogP contribution >= 0.6 is 44.5 Å². The van der Waals surface area contributed by atoms with Gasteiger partial charge in [-0.3, -0.25) is 4.57 Å². The average Bonchev–Trinajstić information content (AvgIpc) is 1.78. The lowest BCUT2D eigenvalue weighted by Gasteiger charge is -2.01. The molecule has 0 saturated carbocycles. The Morgan fingerprint density at radius 1 is 1.40 bits per heavy atom. The zero-order valence-corrected chi connectivity index (χ0v) is 9.22. The summed E-state index contributed by atoms with van der Waals surface area (Å²) in [7, 11) is 0.